The molecule has 0 unspecified atom stereocenters. The van der Waals surface area contributed by atoms with Gasteiger partial charge in [-0.2, -0.15) is 0 Å². The summed E-state index contributed by atoms with van der Waals surface area (Å²) in [5.74, 6) is 0.107. The first-order chi connectivity index (χ1) is 9.87. The maximum absolute atomic E-state index is 12.5. The number of hydrogen-bond donors (Lipinski definition) is 2. The van der Waals surface area contributed by atoms with Crippen LogP contribution in [0, 0.1) is 0 Å². The third kappa shape index (κ3) is 5.76. The fourth-order valence-electron chi connectivity index (χ4n) is 2.47. The van der Waals surface area contributed by atoms with Crippen molar-refractivity contribution in [3.05, 3.63) is 28.7 Å². The summed E-state index contributed by atoms with van der Waals surface area (Å²) in [6.07, 6.45) is 3.99. The van der Waals surface area contributed by atoms with Gasteiger partial charge in [0.1, 0.15) is 0 Å². The van der Waals surface area contributed by atoms with Gasteiger partial charge in [0.25, 0.3) is 0 Å². The third-order valence-corrected chi connectivity index (χ3v) is 5.57. The summed E-state index contributed by atoms with van der Waals surface area (Å²) in [4.78, 5) is 13.6. The molecule has 124 valence electrons. The quantitative estimate of drug-likeness (QED) is 0.738. The molecule has 1 saturated carbocycles. The number of carbonyl (C=O) groups is 1. The Morgan fingerprint density at radius 2 is 1.77 bits per heavy atom. The molecule has 1 aromatic carbocycles. The highest BCUT2D eigenvalue weighted by molar-refractivity contribution is 9.10. The van der Waals surface area contributed by atoms with E-state index in [-0.39, 0.29) is 24.4 Å². The second kappa shape index (κ2) is 8.57. The number of rotatable bonds is 4. The fourth-order valence-corrected chi connectivity index (χ4v) is 3.74. The molecule has 3 nitrogen and oxygen atoms in total. The second-order valence-corrected chi connectivity index (χ2v) is 8.76. The molecular formula is C16H24BrClN2OS. The largest absolute Gasteiger partial charge is 0.352 e. The molecule has 0 aromatic heterocycles. The standard InChI is InChI=1S/C16H23BrN2OS.ClH/c1-16(2,21-14-9-3-11(17)4-10-14)15(20)19-13-7-5-12(18)6-8-13;/h3-4,9-10,12-13H,5-8,18H2,1-2H3,(H,19,20);1H. The SMILES string of the molecule is CC(C)(Sc1ccc(Br)cc1)C(=O)NC1CCC(N)CC1.Cl. The number of nitrogens with one attached hydrogen (secondary N) is 1. The Hall–Kier alpha value is -0.230. The summed E-state index contributed by atoms with van der Waals surface area (Å²) in [6.45, 7) is 3.95. The monoisotopic (exact) mass is 406 g/mol. The van der Waals surface area contributed by atoms with Gasteiger partial charge in [-0.15, -0.1) is 24.2 Å². The van der Waals surface area contributed by atoms with E-state index in [1.807, 2.05) is 38.1 Å². The highest BCUT2D eigenvalue weighted by atomic mass is 79.9. The lowest BCUT2D eigenvalue weighted by Crippen LogP contribution is -2.47. The Kier molecular flexibility index (Phi) is 7.72. The summed E-state index contributed by atoms with van der Waals surface area (Å²) in [7, 11) is 0. The number of thioether (sulfide) groups is 1. The molecule has 1 amide bonds. The van der Waals surface area contributed by atoms with E-state index >= 15 is 0 Å². The van der Waals surface area contributed by atoms with Crippen LogP contribution in [-0.2, 0) is 4.79 Å². The zero-order valence-corrected chi connectivity index (χ0v) is 16.2. The molecule has 1 aliphatic rings. The van der Waals surface area contributed by atoms with Crippen LogP contribution < -0.4 is 11.1 Å². The van der Waals surface area contributed by atoms with E-state index in [1.54, 1.807) is 11.8 Å². The highest BCUT2D eigenvalue weighted by Gasteiger charge is 2.31. The minimum Gasteiger partial charge on any atom is -0.352 e. The lowest BCUT2D eigenvalue weighted by Gasteiger charge is -2.30. The van der Waals surface area contributed by atoms with Gasteiger partial charge in [-0.1, -0.05) is 15.9 Å². The summed E-state index contributed by atoms with van der Waals surface area (Å²) >= 11 is 5.02. The fraction of sp³-hybridized carbons (Fsp3) is 0.562. The van der Waals surface area contributed by atoms with Crippen LogP contribution >= 0.6 is 40.1 Å². The zero-order valence-electron chi connectivity index (χ0n) is 13.0. The topological polar surface area (TPSA) is 55.1 Å². The molecule has 0 bridgehead atoms. The van der Waals surface area contributed by atoms with Crippen molar-refractivity contribution in [3.8, 4) is 0 Å². The average molecular weight is 408 g/mol. The molecule has 22 heavy (non-hydrogen) atoms. The smallest absolute Gasteiger partial charge is 0.236 e. The van der Waals surface area contributed by atoms with E-state index in [4.69, 9.17) is 5.73 Å². The maximum atomic E-state index is 12.5. The van der Waals surface area contributed by atoms with Gasteiger partial charge < -0.3 is 11.1 Å². The van der Waals surface area contributed by atoms with Gasteiger partial charge in [-0.05, 0) is 63.8 Å². The predicted molar refractivity (Wildman–Crippen MR) is 99.7 cm³/mol. The first-order valence-corrected chi connectivity index (χ1v) is 8.99. The molecule has 0 spiro atoms. The number of nitrogens with two attached hydrogens (primary N) is 1. The van der Waals surface area contributed by atoms with Crippen molar-refractivity contribution in [1.29, 1.82) is 0 Å². The first-order valence-electron chi connectivity index (χ1n) is 7.38. The van der Waals surface area contributed by atoms with Crippen LogP contribution in [0.2, 0.25) is 0 Å². The lowest BCUT2D eigenvalue weighted by molar-refractivity contribution is -0.123. The van der Waals surface area contributed by atoms with E-state index in [0.29, 0.717) is 6.04 Å². The van der Waals surface area contributed by atoms with Crippen molar-refractivity contribution in [2.24, 2.45) is 5.73 Å². The van der Waals surface area contributed by atoms with Crippen molar-refractivity contribution < 1.29 is 4.79 Å². The third-order valence-electron chi connectivity index (χ3n) is 3.84. The molecule has 2 rings (SSSR count). The van der Waals surface area contributed by atoms with E-state index in [9.17, 15) is 4.79 Å². The van der Waals surface area contributed by atoms with Gasteiger partial charge in [0, 0.05) is 21.5 Å². The average Bonchev–Trinajstić information content (AvgIpc) is 2.43. The van der Waals surface area contributed by atoms with Crippen molar-refractivity contribution in [2.75, 3.05) is 0 Å². The van der Waals surface area contributed by atoms with E-state index < -0.39 is 4.75 Å². The molecule has 0 saturated heterocycles. The normalized spacial score (nSPS) is 21.8. The molecule has 6 heteroatoms. The van der Waals surface area contributed by atoms with Crippen molar-refractivity contribution >= 4 is 46.0 Å². The summed E-state index contributed by atoms with van der Waals surface area (Å²) in [5.41, 5.74) is 5.91. The molecule has 0 radical (unpaired) electrons. The van der Waals surface area contributed by atoms with Crippen molar-refractivity contribution in [2.45, 2.75) is 61.3 Å². The Morgan fingerprint density at radius 1 is 1.23 bits per heavy atom. The van der Waals surface area contributed by atoms with Gasteiger partial charge >= 0.3 is 0 Å². The molecule has 1 fully saturated rings. The number of hydrogen-bond acceptors (Lipinski definition) is 3. The lowest BCUT2D eigenvalue weighted by atomic mass is 9.91. The highest BCUT2D eigenvalue weighted by Crippen LogP contribution is 2.33. The number of carbonyl (C=O) groups excluding carboxylic acids is 1. The second-order valence-electron chi connectivity index (χ2n) is 6.15. The van der Waals surface area contributed by atoms with Crippen LogP contribution in [0.25, 0.3) is 0 Å². The molecule has 3 N–H and O–H groups in total. The molecular weight excluding hydrogens is 384 g/mol. The van der Waals surface area contributed by atoms with Crippen LogP contribution in [0.15, 0.2) is 33.6 Å². The molecule has 1 aliphatic carbocycles. The van der Waals surface area contributed by atoms with Crippen molar-refractivity contribution in [1.82, 2.24) is 5.32 Å². The van der Waals surface area contributed by atoms with E-state index in [1.165, 1.54) is 0 Å². The minimum atomic E-state index is -0.479. The summed E-state index contributed by atoms with van der Waals surface area (Å²) < 4.78 is 0.570. The summed E-state index contributed by atoms with van der Waals surface area (Å²) in [5, 5.41) is 3.19. The Labute approximate surface area is 151 Å². The van der Waals surface area contributed by atoms with E-state index in [2.05, 4.69) is 21.2 Å². The van der Waals surface area contributed by atoms with Crippen LogP contribution in [0.3, 0.4) is 0 Å². The van der Waals surface area contributed by atoms with Gasteiger partial charge in [0.05, 0.1) is 4.75 Å². The Bertz CT molecular complexity index is 487. The molecule has 0 heterocycles. The Balaban J connectivity index is 0.00000242. The first kappa shape index (κ1) is 19.8. The van der Waals surface area contributed by atoms with Gasteiger partial charge in [0.2, 0.25) is 5.91 Å². The zero-order chi connectivity index (χ0) is 15.5. The number of halogens is 2. The molecule has 0 atom stereocenters. The van der Waals surface area contributed by atoms with Crippen LogP contribution in [0.1, 0.15) is 39.5 Å². The van der Waals surface area contributed by atoms with Gasteiger partial charge in [-0.25, -0.2) is 0 Å². The van der Waals surface area contributed by atoms with Crippen molar-refractivity contribution in [3.63, 3.8) is 0 Å². The molecule has 0 aliphatic heterocycles. The van der Waals surface area contributed by atoms with Crippen LogP contribution in [-0.4, -0.2) is 22.7 Å². The van der Waals surface area contributed by atoms with Crippen LogP contribution in [0.5, 0.6) is 0 Å². The van der Waals surface area contributed by atoms with Gasteiger partial charge in [0.15, 0.2) is 0 Å². The van der Waals surface area contributed by atoms with Crippen LogP contribution in [0.4, 0.5) is 0 Å². The predicted octanol–water partition coefficient (Wildman–Crippen LogP) is 4.13. The van der Waals surface area contributed by atoms with E-state index in [0.717, 1.165) is 35.1 Å². The van der Waals surface area contributed by atoms with Gasteiger partial charge in [-0.3, -0.25) is 4.79 Å². The number of amides is 1. The Morgan fingerprint density at radius 3 is 2.32 bits per heavy atom. The maximum Gasteiger partial charge on any atom is 0.236 e. The molecule has 1 aromatic rings. The number of benzene rings is 1. The summed E-state index contributed by atoms with van der Waals surface area (Å²) in [6, 6.07) is 8.65. The minimum absolute atomic E-state index is 0.